The Morgan fingerprint density at radius 2 is 2.00 bits per heavy atom. The molecule has 0 atom stereocenters. The molecule has 4 nitrogen and oxygen atoms in total. The van der Waals surface area contributed by atoms with Gasteiger partial charge in [-0.1, -0.05) is 37.5 Å². The molecule has 0 unspecified atom stereocenters. The SMILES string of the molecule is C=CCNC(=O)c1ccccc1SCC(=O)N(C)C1CCCCC1. The van der Waals surface area contributed by atoms with Crippen molar-refractivity contribution in [2.75, 3.05) is 19.3 Å². The zero-order valence-corrected chi connectivity index (χ0v) is 15.1. The highest BCUT2D eigenvalue weighted by molar-refractivity contribution is 8.00. The molecule has 2 rings (SSSR count). The largest absolute Gasteiger partial charge is 0.349 e. The lowest BCUT2D eigenvalue weighted by Gasteiger charge is -2.31. The zero-order valence-electron chi connectivity index (χ0n) is 14.3. The Balaban J connectivity index is 1.94. The average Bonchev–Trinajstić information content (AvgIpc) is 2.64. The third-order valence-corrected chi connectivity index (χ3v) is 5.46. The molecule has 1 N–H and O–H groups in total. The smallest absolute Gasteiger partial charge is 0.252 e. The van der Waals surface area contributed by atoms with Gasteiger partial charge in [0.25, 0.3) is 5.91 Å². The van der Waals surface area contributed by atoms with E-state index in [1.165, 1.54) is 31.0 Å². The minimum Gasteiger partial charge on any atom is -0.349 e. The van der Waals surface area contributed by atoms with E-state index in [1.807, 2.05) is 30.1 Å². The van der Waals surface area contributed by atoms with Crippen molar-refractivity contribution in [1.29, 1.82) is 0 Å². The molecular formula is C19H26N2O2S. The van der Waals surface area contributed by atoms with Crippen molar-refractivity contribution >= 4 is 23.6 Å². The van der Waals surface area contributed by atoms with Gasteiger partial charge in [0, 0.05) is 24.5 Å². The number of amides is 2. The number of hydrogen-bond donors (Lipinski definition) is 1. The van der Waals surface area contributed by atoms with Gasteiger partial charge in [-0.25, -0.2) is 0 Å². The van der Waals surface area contributed by atoms with E-state index in [0.717, 1.165) is 17.7 Å². The Morgan fingerprint density at radius 3 is 2.71 bits per heavy atom. The summed E-state index contributed by atoms with van der Waals surface area (Å²) < 4.78 is 0. The monoisotopic (exact) mass is 346 g/mol. The van der Waals surface area contributed by atoms with Crippen molar-refractivity contribution in [2.24, 2.45) is 0 Å². The highest BCUT2D eigenvalue weighted by atomic mass is 32.2. The highest BCUT2D eigenvalue weighted by Gasteiger charge is 2.22. The minimum absolute atomic E-state index is 0.133. The molecule has 2 amide bonds. The Kier molecular flexibility index (Phi) is 7.37. The van der Waals surface area contributed by atoms with Crippen LogP contribution in [0.4, 0.5) is 0 Å². The Bertz CT molecular complexity index is 582. The summed E-state index contributed by atoms with van der Waals surface area (Å²) in [5.74, 6) is 0.359. The first kappa shape index (κ1) is 18.6. The van der Waals surface area contributed by atoms with Gasteiger partial charge in [0.2, 0.25) is 5.91 Å². The predicted octanol–water partition coefficient (Wildman–Crippen LogP) is 3.49. The Labute approximate surface area is 148 Å². The number of thioether (sulfide) groups is 1. The maximum absolute atomic E-state index is 12.5. The van der Waals surface area contributed by atoms with E-state index in [9.17, 15) is 9.59 Å². The number of nitrogens with one attached hydrogen (secondary N) is 1. The first-order valence-electron chi connectivity index (χ1n) is 8.50. The number of carbonyl (C=O) groups is 2. The summed E-state index contributed by atoms with van der Waals surface area (Å²) in [4.78, 5) is 27.4. The van der Waals surface area contributed by atoms with Gasteiger partial charge in [-0.2, -0.15) is 0 Å². The summed E-state index contributed by atoms with van der Waals surface area (Å²) in [5.41, 5.74) is 0.609. The van der Waals surface area contributed by atoms with Crippen molar-refractivity contribution in [3.8, 4) is 0 Å². The molecule has 0 saturated heterocycles. The molecule has 1 aliphatic rings. The minimum atomic E-state index is -0.133. The lowest BCUT2D eigenvalue weighted by Crippen LogP contribution is -2.39. The molecule has 0 radical (unpaired) electrons. The van der Waals surface area contributed by atoms with Crippen LogP contribution in [0.5, 0.6) is 0 Å². The standard InChI is InChI=1S/C19H26N2O2S/c1-3-13-20-19(23)16-11-7-8-12-17(16)24-14-18(22)21(2)15-9-5-4-6-10-15/h3,7-8,11-12,15H,1,4-6,9-10,13-14H2,2H3,(H,20,23). The van der Waals surface area contributed by atoms with E-state index in [0.29, 0.717) is 23.9 Å². The van der Waals surface area contributed by atoms with Crippen molar-refractivity contribution < 1.29 is 9.59 Å². The quantitative estimate of drug-likeness (QED) is 0.607. The molecule has 1 fully saturated rings. The summed E-state index contributed by atoms with van der Waals surface area (Å²) in [6.07, 6.45) is 7.56. The highest BCUT2D eigenvalue weighted by Crippen LogP contribution is 2.25. The van der Waals surface area contributed by atoms with E-state index < -0.39 is 0 Å². The van der Waals surface area contributed by atoms with Gasteiger partial charge in [-0.15, -0.1) is 18.3 Å². The normalized spacial score (nSPS) is 14.9. The molecule has 1 aromatic rings. The van der Waals surface area contributed by atoms with E-state index in [2.05, 4.69) is 11.9 Å². The second-order valence-electron chi connectivity index (χ2n) is 6.08. The van der Waals surface area contributed by atoms with Crippen LogP contribution in [0, 0.1) is 0 Å². The van der Waals surface area contributed by atoms with Crippen LogP contribution in [0.15, 0.2) is 41.8 Å². The van der Waals surface area contributed by atoms with Gasteiger partial charge in [-0.3, -0.25) is 9.59 Å². The van der Waals surface area contributed by atoms with Crippen LogP contribution >= 0.6 is 11.8 Å². The number of benzene rings is 1. The molecule has 1 aromatic carbocycles. The van der Waals surface area contributed by atoms with E-state index in [-0.39, 0.29) is 11.8 Å². The van der Waals surface area contributed by atoms with E-state index in [1.54, 1.807) is 12.1 Å². The van der Waals surface area contributed by atoms with Crippen LogP contribution in [0.25, 0.3) is 0 Å². The second-order valence-corrected chi connectivity index (χ2v) is 7.10. The van der Waals surface area contributed by atoms with E-state index in [4.69, 9.17) is 0 Å². The zero-order chi connectivity index (χ0) is 17.4. The summed E-state index contributed by atoms with van der Waals surface area (Å²) in [6.45, 7) is 4.03. The van der Waals surface area contributed by atoms with Crippen molar-refractivity contribution in [2.45, 2.75) is 43.0 Å². The summed E-state index contributed by atoms with van der Waals surface area (Å²) in [7, 11) is 1.90. The van der Waals surface area contributed by atoms with E-state index >= 15 is 0 Å². The van der Waals surface area contributed by atoms with Gasteiger partial charge >= 0.3 is 0 Å². The first-order valence-corrected chi connectivity index (χ1v) is 9.48. The predicted molar refractivity (Wildman–Crippen MR) is 99.3 cm³/mol. The van der Waals surface area contributed by atoms with Crippen LogP contribution < -0.4 is 5.32 Å². The second kappa shape index (κ2) is 9.52. The molecule has 0 aliphatic heterocycles. The molecule has 0 spiro atoms. The molecule has 1 saturated carbocycles. The lowest BCUT2D eigenvalue weighted by molar-refractivity contribution is -0.129. The number of hydrogen-bond acceptors (Lipinski definition) is 3. The maximum atomic E-state index is 12.5. The summed E-state index contributed by atoms with van der Waals surface area (Å²) in [6, 6.07) is 7.78. The van der Waals surface area contributed by atoms with Gasteiger partial charge in [0.15, 0.2) is 0 Å². The topological polar surface area (TPSA) is 49.4 Å². The number of carbonyl (C=O) groups excluding carboxylic acids is 2. The van der Waals surface area contributed by atoms with Gasteiger partial charge in [0.1, 0.15) is 0 Å². The fraction of sp³-hybridized carbons (Fsp3) is 0.474. The van der Waals surface area contributed by atoms with Crippen molar-refractivity contribution in [1.82, 2.24) is 10.2 Å². The third kappa shape index (κ3) is 5.13. The molecule has 1 aliphatic carbocycles. The number of nitrogens with zero attached hydrogens (tertiary/aromatic N) is 1. The van der Waals surface area contributed by atoms with Crippen LogP contribution in [0.2, 0.25) is 0 Å². The molecular weight excluding hydrogens is 320 g/mol. The van der Waals surface area contributed by atoms with Crippen LogP contribution in [-0.4, -0.2) is 42.1 Å². The van der Waals surface area contributed by atoms with Crippen molar-refractivity contribution in [3.63, 3.8) is 0 Å². The maximum Gasteiger partial charge on any atom is 0.252 e. The third-order valence-electron chi connectivity index (χ3n) is 4.41. The number of rotatable bonds is 7. The molecule has 0 aromatic heterocycles. The Morgan fingerprint density at radius 1 is 1.29 bits per heavy atom. The van der Waals surface area contributed by atoms with Gasteiger partial charge < -0.3 is 10.2 Å². The van der Waals surface area contributed by atoms with Gasteiger partial charge in [-0.05, 0) is 25.0 Å². The van der Waals surface area contributed by atoms with Crippen LogP contribution in [0.1, 0.15) is 42.5 Å². The Hall–Kier alpha value is -1.75. The van der Waals surface area contributed by atoms with Gasteiger partial charge in [0.05, 0.1) is 11.3 Å². The summed E-state index contributed by atoms with van der Waals surface area (Å²) >= 11 is 1.43. The molecule has 24 heavy (non-hydrogen) atoms. The molecule has 0 heterocycles. The molecule has 0 bridgehead atoms. The fourth-order valence-electron chi connectivity index (χ4n) is 2.95. The van der Waals surface area contributed by atoms with Crippen LogP contribution in [0.3, 0.4) is 0 Å². The molecule has 130 valence electrons. The molecule has 5 heteroatoms. The average molecular weight is 346 g/mol. The van der Waals surface area contributed by atoms with Crippen LogP contribution in [-0.2, 0) is 4.79 Å². The fourth-order valence-corrected chi connectivity index (χ4v) is 3.93. The van der Waals surface area contributed by atoms with Crippen molar-refractivity contribution in [3.05, 3.63) is 42.5 Å². The first-order chi connectivity index (χ1) is 11.6. The lowest BCUT2D eigenvalue weighted by atomic mass is 9.94. The summed E-state index contributed by atoms with van der Waals surface area (Å²) in [5, 5.41) is 2.79.